The fourth-order valence-electron chi connectivity index (χ4n) is 2.41. The predicted molar refractivity (Wildman–Crippen MR) is 80.1 cm³/mol. The Labute approximate surface area is 128 Å². The maximum absolute atomic E-state index is 11.6. The monoisotopic (exact) mass is 300 g/mol. The summed E-state index contributed by atoms with van der Waals surface area (Å²) in [7, 11) is 2.94. The molecule has 0 spiro atoms. The number of methoxy groups -OCH3 is 2. The van der Waals surface area contributed by atoms with Gasteiger partial charge >= 0.3 is 5.97 Å². The molecule has 0 aliphatic carbocycles. The van der Waals surface area contributed by atoms with E-state index in [0.717, 1.165) is 22.4 Å². The Balaban J connectivity index is 1.99. The molecule has 5 nitrogen and oxygen atoms in total. The first-order valence-corrected chi connectivity index (χ1v) is 6.83. The van der Waals surface area contributed by atoms with Crippen LogP contribution in [0.4, 0.5) is 0 Å². The third kappa shape index (κ3) is 2.63. The van der Waals surface area contributed by atoms with Crippen LogP contribution >= 0.6 is 0 Å². The zero-order valence-electron chi connectivity index (χ0n) is 12.4. The van der Waals surface area contributed by atoms with Gasteiger partial charge in [-0.05, 0) is 41.5 Å². The predicted octanol–water partition coefficient (Wildman–Crippen LogP) is 3.02. The second kappa shape index (κ2) is 6.07. The molecule has 0 atom stereocenters. The minimum absolute atomic E-state index is 0.198. The minimum Gasteiger partial charge on any atom is -0.488 e. The first kappa shape index (κ1) is 14.4. The molecule has 0 unspecified atom stereocenters. The first-order chi connectivity index (χ1) is 10.7. The van der Waals surface area contributed by atoms with Crippen LogP contribution in [0.5, 0.6) is 11.5 Å². The van der Waals surface area contributed by atoms with E-state index in [9.17, 15) is 4.79 Å². The van der Waals surface area contributed by atoms with Crippen LogP contribution in [0.3, 0.4) is 0 Å². The van der Waals surface area contributed by atoms with Gasteiger partial charge in [-0.15, -0.1) is 0 Å². The van der Waals surface area contributed by atoms with Gasteiger partial charge < -0.3 is 18.9 Å². The number of benzene rings is 2. The molecule has 0 amide bonds. The van der Waals surface area contributed by atoms with E-state index in [1.54, 1.807) is 19.2 Å². The van der Waals surface area contributed by atoms with Gasteiger partial charge in [-0.2, -0.15) is 0 Å². The molecule has 0 aromatic heterocycles. The molecule has 0 saturated carbocycles. The van der Waals surface area contributed by atoms with Gasteiger partial charge in [0.1, 0.15) is 18.1 Å². The average molecular weight is 300 g/mol. The van der Waals surface area contributed by atoms with Crippen molar-refractivity contribution in [3.05, 3.63) is 47.5 Å². The highest BCUT2D eigenvalue weighted by molar-refractivity contribution is 5.91. The van der Waals surface area contributed by atoms with Crippen LogP contribution in [0.1, 0.15) is 15.9 Å². The Morgan fingerprint density at radius 3 is 2.77 bits per heavy atom. The lowest BCUT2D eigenvalue weighted by Gasteiger charge is -2.22. The third-order valence-corrected chi connectivity index (χ3v) is 3.50. The number of hydrogen-bond donors (Lipinski definition) is 0. The quantitative estimate of drug-likeness (QED) is 0.642. The SMILES string of the molecule is COCOc1ccc2c(c1)-c1ccc(C(=O)OC)cc1OC2. The maximum atomic E-state index is 11.6. The van der Waals surface area contributed by atoms with E-state index in [0.29, 0.717) is 17.9 Å². The van der Waals surface area contributed by atoms with Crippen molar-refractivity contribution in [3.8, 4) is 22.6 Å². The van der Waals surface area contributed by atoms with Crippen LogP contribution in [-0.4, -0.2) is 27.0 Å². The van der Waals surface area contributed by atoms with Crippen LogP contribution < -0.4 is 9.47 Å². The van der Waals surface area contributed by atoms with Gasteiger partial charge in [0.2, 0.25) is 0 Å². The Bertz CT molecular complexity index is 708. The largest absolute Gasteiger partial charge is 0.488 e. The number of esters is 1. The maximum Gasteiger partial charge on any atom is 0.337 e. The minimum atomic E-state index is -0.380. The smallest absolute Gasteiger partial charge is 0.337 e. The van der Waals surface area contributed by atoms with Gasteiger partial charge in [0.15, 0.2) is 6.79 Å². The fraction of sp³-hybridized carbons (Fsp3) is 0.235. The van der Waals surface area contributed by atoms with Crippen LogP contribution in [-0.2, 0) is 16.1 Å². The molecule has 0 N–H and O–H groups in total. The second-order valence-electron chi connectivity index (χ2n) is 4.86. The molecule has 22 heavy (non-hydrogen) atoms. The van der Waals surface area contributed by atoms with Gasteiger partial charge in [-0.3, -0.25) is 0 Å². The summed E-state index contributed by atoms with van der Waals surface area (Å²) in [6.07, 6.45) is 0. The first-order valence-electron chi connectivity index (χ1n) is 6.83. The lowest BCUT2D eigenvalue weighted by Crippen LogP contribution is -2.08. The highest BCUT2D eigenvalue weighted by Gasteiger charge is 2.20. The summed E-state index contributed by atoms with van der Waals surface area (Å²) in [5.41, 5.74) is 3.50. The van der Waals surface area contributed by atoms with Crippen molar-refractivity contribution in [2.24, 2.45) is 0 Å². The van der Waals surface area contributed by atoms with Crippen molar-refractivity contribution in [1.82, 2.24) is 0 Å². The van der Waals surface area contributed by atoms with Crippen molar-refractivity contribution >= 4 is 5.97 Å². The van der Waals surface area contributed by atoms with Crippen molar-refractivity contribution in [3.63, 3.8) is 0 Å². The highest BCUT2D eigenvalue weighted by Crippen LogP contribution is 2.39. The number of rotatable bonds is 4. The van der Waals surface area contributed by atoms with Crippen molar-refractivity contribution in [2.45, 2.75) is 6.61 Å². The molecule has 0 bridgehead atoms. The molecule has 114 valence electrons. The van der Waals surface area contributed by atoms with Crippen LogP contribution in [0.2, 0.25) is 0 Å². The van der Waals surface area contributed by atoms with E-state index in [1.165, 1.54) is 7.11 Å². The zero-order chi connectivity index (χ0) is 15.5. The Morgan fingerprint density at radius 2 is 2.00 bits per heavy atom. The van der Waals surface area contributed by atoms with Gasteiger partial charge in [0.25, 0.3) is 0 Å². The number of ether oxygens (including phenoxy) is 4. The van der Waals surface area contributed by atoms with Crippen LogP contribution in [0, 0.1) is 0 Å². The Morgan fingerprint density at radius 1 is 1.14 bits per heavy atom. The standard InChI is InChI=1S/C17H16O5/c1-19-10-22-13-5-3-12-9-21-16-7-11(17(18)20-2)4-6-14(16)15(12)8-13/h3-8H,9-10H2,1-2H3. The molecule has 2 aromatic rings. The molecular formula is C17H16O5. The lowest BCUT2D eigenvalue weighted by molar-refractivity contribution is 0.0511. The molecule has 2 aromatic carbocycles. The summed E-state index contributed by atoms with van der Waals surface area (Å²) in [5, 5.41) is 0. The topological polar surface area (TPSA) is 54.0 Å². The summed E-state index contributed by atoms with van der Waals surface area (Å²) in [6.45, 7) is 0.654. The van der Waals surface area contributed by atoms with Crippen molar-refractivity contribution < 1.29 is 23.7 Å². The average Bonchev–Trinajstić information content (AvgIpc) is 2.58. The van der Waals surface area contributed by atoms with Gasteiger partial charge in [0.05, 0.1) is 12.7 Å². The molecule has 0 saturated heterocycles. The number of carbonyl (C=O) groups is 1. The summed E-state index contributed by atoms with van der Waals surface area (Å²) in [5.74, 6) is 1.01. The number of carbonyl (C=O) groups excluding carboxylic acids is 1. The van der Waals surface area contributed by atoms with E-state index in [2.05, 4.69) is 0 Å². The Hall–Kier alpha value is -2.53. The molecule has 5 heteroatoms. The normalized spacial score (nSPS) is 11.9. The second-order valence-corrected chi connectivity index (χ2v) is 4.86. The van der Waals surface area contributed by atoms with Crippen LogP contribution in [0.25, 0.3) is 11.1 Å². The van der Waals surface area contributed by atoms with Crippen LogP contribution in [0.15, 0.2) is 36.4 Å². The zero-order valence-corrected chi connectivity index (χ0v) is 12.4. The van der Waals surface area contributed by atoms with E-state index < -0.39 is 0 Å². The lowest BCUT2D eigenvalue weighted by atomic mass is 9.95. The summed E-state index contributed by atoms with van der Waals surface area (Å²) >= 11 is 0. The molecule has 1 heterocycles. The molecule has 3 rings (SSSR count). The molecule has 0 radical (unpaired) electrons. The highest BCUT2D eigenvalue weighted by atomic mass is 16.7. The van der Waals surface area contributed by atoms with E-state index in [4.69, 9.17) is 18.9 Å². The van der Waals surface area contributed by atoms with Crippen molar-refractivity contribution in [2.75, 3.05) is 21.0 Å². The van der Waals surface area contributed by atoms with Gasteiger partial charge in [-0.25, -0.2) is 4.79 Å². The molecule has 1 aliphatic rings. The summed E-state index contributed by atoms with van der Waals surface area (Å²) in [6, 6.07) is 11.1. The third-order valence-electron chi connectivity index (χ3n) is 3.50. The van der Waals surface area contributed by atoms with Crippen molar-refractivity contribution in [1.29, 1.82) is 0 Å². The van der Waals surface area contributed by atoms with E-state index >= 15 is 0 Å². The number of fused-ring (bicyclic) bond motifs is 3. The Kier molecular flexibility index (Phi) is 3.98. The van der Waals surface area contributed by atoms with E-state index in [1.807, 2.05) is 24.3 Å². The fourth-order valence-corrected chi connectivity index (χ4v) is 2.41. The molecular weight excluding hydrogens is 284 g/mol. The number of hydrogen-bond acceptors (Lipinski definition) is 5. The summed E-state index contributed by atoms with van der Waals surface area (Å²) in [4.78, 5) is 11.6. The van der Waals surface area contributed by atoms with E-state index in [-0.39, 0.29) is 12.8 Å². The van der Waals surface area contributed by atoms with Gasteiger partial charge in [-0.1, -0.05) is 6.07 Å². The molecule has 0 fully saturated rings. The summed E-state index contributed by atoms with van der Waals surface area (Å²) < 4.78 is 20.9. The van der Waals surface area contributed by atoms with Gasteiger partial charge in [0, 0.05) is 12.7 Å². The molecule has 1 aliphatic heterocycles.